The van der Waals surface area contributed by atoms with Gasteiger partial charge in [0.2, 0.25) is 0 Å². The molecule has 0 spiro atoms. The molecule has 24 heavy (non-hydrogen) atoms. The van der Waals surface area contributed by atoms with Gasteiger partial charge in [0.15, 0.2) is 28.9 Å². The van der Waals surface area contributed by atoms with E-state index in [1.165, 1.54) is 19.3 Å². The van der Waals surface area contributed by atoms with Crippen molar-refractivity contribution in [3.63, 3.8) is 0 Å². The number of halogens is 2. The fourth-order valence-electron chi connectivity index (χ4n) is 1.97. The molecule has 124 valence electrons. The molecule has 3 nitrogen and oxygen atoms in total. The van der Waals surface area contributed by atoms with Crippen LogP contribution in [0.3, 0.4) is 0 Å². The van der Waals surface area contributed by atoms with Crippen molar-refractivity contribution in [1.29, 1.82) is 0 Å². The van der Waals surface area contributed by atoms with Gasteiger partial charge in [0.1, 0.15) is 6.61 Å². The Morgan fingerprint density at radius 2 is 1.92 bits per heavy atom. The van der Waals surface area contributed by atoms with Crippen LogP contribution in [0.15, 0.2) is 55.1 Å². The Morgan fingerprint density at radius 1 is 1.12 bits per heavy atom. The standard InChI is InChI=1S/C19H16F2O3/c1-3-10-24-18-9-5-13(11-19(18)23-2)4-8-17(22)14-6-7-15(20)16(21)12-14/h3-9,11-12H,1,10H2,2H3/b8-4+. The van der Waals surface area contributed by atoms with Crippen LogP contribution in [0.25, 0.3) is 6.08 Å². The minimum Gasteiger partial charge on any atom is -0.493 e. The number of rotatable bonds is 7. The number of ketones is 1. The van der Waals surface area contributed by atoms with Crippen LogP contribution in [0, 0.1) is 11.6 Å². The molecule has 0 aliphatic rings. The lowest BCUT2D eigenvalue weighted by atomic mass is 10.1. The molecule has 0 radical (unpaired) electrons. The van der Waals surface area contributed by atoms with Crippen LogP contribution < -0.4 is 9.47 Å². The molecule has 2 aromatic rings. The Hall–Kier alpha value is -2.95. The third-order valence-corrected chi connectivity index (χ3v) is 3.18. The van der Waals surface area contributed by atoms with Gasteiger partial charge in [-0.15, -0.1) is 0 Å². The number of carbonyl (C=O) groups is 1. The first kappa shape index (κ1) is 17.4. The molecule has 0 N–H and O–H groups in total. The van der Waals surface area contributed by atoms with Crippen LogP contribution in [0.1, 0.15) is 15.9 Å². The molecule has 0 aliphatic carbocycles. The first-order chi connectivity index (χ1) is 11.5. The SMILES string of the molecule is C=CCOc1ccc(/C=C/C(=O)c2ccc(F)c(F)c2)cc1OC. The molecule has 0 aliphatic heterocycles. The molecule has 5 heteroatoms. The number of carbonyl (C=O) groups excluding carboxylic acids is 1. The number of benzene rings is 2. The van der Waals surface area contributed by atoms with E-state index in [0.717, 1.165) is 12.1 Å². The van der Waals surface area contributed by atoms with Gasteiger partial charge >= 0.3 is 0 Å². The maximum absolute atomic E-state index is 13.2. The van der Waals surface area contributed by atoms with E-state index >= 15 is 0 Å². The lowest BCUT2D eigenvalue weighted by Crippen LogP contribution is -1.97. The Morgan fingerprint density at radius 3 is 2.58 bits per heavy atom. The second kappa shape index (κ2) is 8.06. The molecule has 0 heterocycles. The van der Waals surface area contributed by atoms with Crippen molar-refractivity contribution in [3.8, 4) is 11.5 Å². The summed E-state index contributed by atoms with van der Waals surface area (Å²) in [7, 11) is 1.51. The van der Waals surface area contributed by atoms with Gasteiger partial charge < -0.3 is 9.47 Å². The minimum absolute atomic E-state index is 0.0723. The number of hydrogen-bond donors (Lipinski definition) is 0. The predicted octanol–water partition coefficient (Wildman–Crippen LogP) is 4.43. The lowest BCUT2D eigenvalue weighted by Gasteiger charge is -2.09. The van der Waals surface area contributed by atoms with Crippen LogP contribution in [0.4, 0.5) is 8.78 Å². The third-order valence-electron chi connectivity index (χ3n) is 3.18. The van der Waals surface area contributed by atoms with Crippen molar-refractivity contribution >= 4 is 11.9 Å². The summed E-state index contributed by atoms with van der Waals surface area (Å²) in [6.07, 6.45) is 4.46. The van der Waals surface area contributed by atoms with Crippen LogP contribution in [0.5, 0.6) is 11.5 Å². The Labute approximate surface area is 138 Å². The van der Waals surface area contributed by atoms with Crippen LogP contribution in [0.2, 0.25) is 0 Å². The first-order valence-electron chi connectivity index (χ1n) is 7.14. The largest absolute Gasteiger partial charge is 0.493 e. The van der Waals surface area contributed by atoms with Crippen molar-refractivity contribution in [3.05, 3.63) is 77.9 Å². The van der Waals surface area contributed by atoms with Crippen molar-refractivity contribution in [2.75, 3.05) is 13.7 Å². The molecule has 0 saturated carbocycles. The summed E-state index contributed by atoms with van der Waals surface area (Å²) < 4.78 is 36.7. The molecule has 2 aromatic carbocycles. The van der Waals surface area contributed by atoms with E-state index < -0.39 is 17.4 Å². The first-order valence-corrected chi connectivity index (χ1v) is 7.14. The highest BCUT2D eigenvalue weighted by Crippen LogP contribution is 2.28. The van der Waals surface area contributed by atoms with Crippen LogP contribution >= 0.6 is 0 Å². The monoisotopic (exact) mass is 330 g/mol. The van der Waals surface area contributed by atoms with Crippen molar-refractivity contribution in [2.24, 2.45) is 0 Å². The zero-order valence-corrected chi connectivity index (χ0v) is 13.1. The van der Waals surface area contributed by atoms with Crippen LogP contribution in [-0.4, -0.2) is 19.5 Å². The fourth-order valence-corrected chi connectivity index (χ4v) is 1.97. The van der Waals surface area contributed by atoms with Crippen molar-refractivity contribution < 1.29 is 23.0 Å². The molecule has 0 aromatic heterocycles. The highest BCUT2D eigenvalue weighted by molar-refractivity contribution is 6.06. The molecule has 0 fully saturated rings. The van der Waals surface area contributed by atoms with Gasteiger partial charge in [-0.3, -0.25) is 4.79 Å². The predicted molar refractivity (Wildman–Crippen MR) is 88.4 cm³/mol. The summed E-state index contributed by atoms with van der Waals surface area (Å²) in [5.41, 5.74) is 0.775. The minimum atomic E-state index is -1.06. The van der Waals surface area contributed by atoms with E-state index in [2.05, 4.69) is 6.58 Å². The fraction of sp³-hybridized carbons (Fsp3) is 0.105. The number of allylic oxidation sites excluding steroid dienone is 1. The molecular weight excluding hydrogens is 314 g/mol. The lowest BCUT2D eigenvalue weighted by molar-refractivity contribution is 0.104. The molecular formula is C19H16F2O3. The zero-order valence-electron chi connectivity index (χ0n) is 13.1. The number of hydrogen-bond acceptors (Lipinski definition) is 3. The highest BCUT2D eigenvalue weighted by atomic mass is 19.2. The van der Waals surface area contributed by atoms with Gasteiger partial charge in [-0.05, 0) is 42.0 Å². The Balaban J connectivity index is 2.17. The number of ether oxygens (including phenoxy) is 2. The summed E-state index contributed by atoms with van der Waals surface area (Å²) >= 11 is 0. The summed E-state index contributed by atoms with van der Waals surface area (Å²) in [5.74, 6) is -1.41. The van der Waals surface area contributed by atoms with Gasteiger partial charge in [0.25, 0.3) is 0 Å². The van der Waals surface area contributed by atoms with Gasteiger partial charge in [-0.2, -0.15) is 0 Å². The van der Waals surface area contributed by atoms with E-state index in [1.54, 1.807) is 30.4 Å². The molecule has 0 amide bonds. The molecule has 0 bridgehead atoms. The van der Waals surface area contributed by atoms with E-state index in [4.69, 9.17) is 9.47 Å². The molecule has 0 unspecified atom stereocenters. The summed E-state index contributed by atoms with van der Waals surface area (Å²) in [6, 6.07) is 8.19. The Bertz CT molecular complexity index is 782. The second-order valence-corrected chi connectivity index (χ2v) is 4.84. The van der Waals surface area contributed by atoms with Gasteiger partial charge in [0.05, 0.1) is 7.11 Å². The van der Waals surface area contributed by atoms with E-state index in [9.17, 15) is 13.6 Å². The van der Waals surface area contributed by atoms with Crippen molar-refractivity contribution in [1.82, 2.24) is 0 Å². The van der Waals surface area contributed by atoms with Crippen molar-refractivity contribution in [2.45, 2.75) is 0 Å². The van der Waals surface area contributed by atoms with E-state index in [0.29, 0.717) is 23.7 Å². The summed E-state index contributed by atoms with van der Waals surface area (Å²) in [5, 5.41) is 0. The molecule has 0 atom stereocenters. The topological polar surface area (TPSA) is 35.5 Å². The quantitative estimate of drug-likeness (QED) is 0.428. The number of methoxy groups -OCH3 is 1. The third kappa shape index (κ3) is 4.29. The van der Waals surface area contributed by atoms with E-state index in [-0.39, 0.29) is 5.56 Å². The Kier molecular flexibility index (Phi) is 5.84. The molecule has 0 saturated heterocycles. The average molecular weight is 330 g/mol. The van der Waals surface area contributed by atoms with Gasteiger partial charge in [-0.1, -0.05) is 24.8 Å². The summed E-state index contributed by atoms with van der Waals surface area (Å²) in [6.45, 7) is 3.92. The zero-order chi connectivity index (χ0) is 17.5. The summed E-state index contributed by atoms with van der Waals surface area (Å²) in [4.78, 5) is 12.0. The maximum Gasteiger partial charge on any atom is 0.185 e. The smallest absolute Gasteiger partial charge is 0.185 e. The van der Waals surface area contributed by atoms with Crippen LogP contribution in [-0.2, 0) is 0 Å². The second-order valence-electron chi connectivity index (χ2n) is 4.84. The highest BCUT2D eigenvalue weighted by Gasteiger charge is 2.08. The average Bonchev–Trinajstić information content (AvgIpc) is 2.60. The normalized spacial score (nSPS) is 10.6. The molecule has 2 rings (SSSR count). The van der Waals surface area contributed by atoms with Gasteiger partial charge in [0, 0.05) is 5.56 Å². The van der Waals surface area contributed by atoms with E-state index in [1.807, 2.05) is 0 Å². The maximum atomic E-state index is 13.2. The van der Waals surface area contributed by atoms with Gasteiger partial charge in [-0.25, -0.2) is 8.78 Å².